The van der Waals surface area contributed by atoms with E-state index in [1.165, 1.54) is 44.2 Å². The molecule has 0 radical (unpaired) electrons. The molecule has 1 aliphatic rings. The lowest BCUT2D eigenvalue weighted by Crippen LogP contribution is -2.20. The fraction of sp³-hybridized carbons (Fsp3) is 0.600. The van der Waals surface area contributed by atoms with Gasteiger partial charge in [-0.25, -0.2) is 0 Å². The van der Waals surface area contributed by atoms with E-state index in [9.17, 15) is 0 Å². The lowest BCUT2D eigenvalue weighted by atomic mass is 9.93. The van der Waals surface area contributed by atoms with Gasteiger partial charge in [-0.05, 0) is 56.0 Å². The molecule has 1 unspecified atom stereocenters. The van der Waals surface area contributed by atoms with Gasteiger partial charge in [-0.2, -0.15) is 0 Å². The summed E-state index contributed by atoms with van der Waals surface area (Å²) in [5.74, 6) is 0. The van der Waals surface area contributed by atoms with Crippen LogP contribution in [-0.4, -0.2) is 12.6 Å². The second kappa shape index (κ2) is 9.78. The molecule has 1 atom stereocenters. The molecular weight excluding hydrogens is 254 g/mol. The van der Waals surface area contributed by atoms with Crippen LogP contribution in [0.4, 0.5) is 0 Å². The summed E-state index contributed by atoms with van der Waals surface area (Å²) in [5.41, 5.74) is 1.91. The maximum Gasteiger partial charge on any atom is 0.00676 e. The van der Waals surface area contributed by atoms with Crippen molar-refractivity contribution in [1.29, 1.82) is 0 Å². The van der Waals surface area contributed by atoms with Gasteiger partial charge in [0.05, 0.1) is 0 Å². The topological polar surface area (TPSA) is 12.0 Å². The zero-order valence-corrected chi connectivity index (χ0v) is 14.2. The van der Waals surface area contributed by atoms with E-state index in [0.29, 0.717) is 5.41 Å². The zero-order chi connectivity index (χ0) is 15.6. The summed E-state index contributed by atoms with van der Waals surface area (Å²) >= 11 is 0. The van der Waals surface area contributed by atoms with E-state index in [4.69, 9.17) is 0 Å². The molecule has 1 N–H and O–H groups in total. The number of rotatable bonds is 5. The van der Waals surface area contributed by atoms with Crippen molar-refractivity contribution in [2.24, 2.45) is 5.41 Å². The Kier molecular flexibility index (Phi) is 8.37. The van der Waals surface area contributed by atoms with E-state index in [-0.39, 0.29) is 0 Å². The molecule has 0 saturated carbocycles. The minimum Gasteiger partial charge on any atom is -0.314 e. The fourth-order valence-corrected chi connectivity index (χ4v) is 2.63. The van der Waals surface area contributed by atoms with Crippen molar-refractivity contribution in [2.75, 3.05) is 6.54 Å². The first kappa shape index (κ1) is 18.0. The van der Waals surface area contributed by atoms with Crippen molar-refractivity contribution in [3.05, 3.63) is 48.6 Å². The molecule has 2 rings (SSSR count). The van der Waals surface area contributed by atoms with Gasteiger partial charge in [-0.3, -0.25) is 0 Å². The maximum atomic E-state index is 3.65. The number of hydrogen-bond donors (Lipinski definition) is 1. The average molecular weight is 287 g/mol. The van der Waals surface area contributed by atoms with Crippen LogP contribution < -0.4 is 5.32 Å². The third kappa shape index (κ3) is 9.47. The second-order valence-electron chi connectivity index (χ2n) is 7.22. The lowest BCUT2D eigenvalue weighted by Gasteiger charge is -2.13. The molecule has 1 nitrogen and oxygen atoms in total. The van der Waals surface area contributed by atoms with E-state index >= 15 is 0 Å². The molecule has 1 aromatic carbocycles. The molecule has 1 aliphatic heterocycles. The van der Waals surface area contributed by atoms with Crippen LogP contribution in [0.2, 0.25) is 0 Å². The Balaban J connectivity index is 0.000000270. The lowest BCUT2D eigenvalue weighted by molar-refractivity contribution is 0.421. The van der Waals surface area contributed by atoms with Crippen LogP contribution in [0.25, 0.3) is 0 Å². The highest BCUT2D eigenvalue weighted by Crippen LogP contribution is 2.17. The molecule has 118 valence electrons. The van der Waals surface area contributed by atoms with Gasteiger partial charge in [0, 0.05) is 6.04 Å². The Morgan fingerprint density at radius 2 is 1.95 bits per heavy atom. The predicted octanol–water partition coefficient (Wildman–Crippen LogP) is 5.37. The maximum absolute atomic E-state index is 3.65. The van der Waals surface area contributed by atoms with Gasteiger partial charge in [0.15, 0.2) is 0 Å². The van der Waals surface area contributed by atoms with Crippen molar-refractivity contribution >= 4 is 0 Å². The van der Waals surface area contributed by atoms with Crippen LogP contribution in [0.5, 0.6) is 0 Å². The van der Waals surface area contributed by atoms with Gasteiger partial charge in [0.25, 0.3) is 0 Å². The Morgan fingerprint density at radius 3 is 2.43 bits per heavy atom. The molecule has 1 fully saturated rings. The monoisotopic (exact) mass is 287 g/mol. The number of allylic oxidation sites excluding steroid dienone is 1. The summed E-state index contributed by atoms with van der Waals surface area (Å²) in [7, 11) is 0. The molecule has 0 aromatic heterocycles. The first-order valence-electron chi connectivity index (χ1n) is 8.39. The minimum atomic E-state index is 0.432. The Hall–Kier alpha value is -1.08. The summed E-state index contributed by atoms with van der Waals surface area (Å²) in [6.45, 7) is 11.5. The summed E-state index contributed by atoms with van der Waals surface area (Å²) in [4.78, 5) is 0. The third-order valence-corrected chi connectivity index (χ3v) is 3.78. The van der Waals surface area contributed by atoms with Crippen LogP contribution >= 0.6 is 0 Å². The normalized spacial score (nSPS) is 18.0. The predicted molar refractivity (Wildman–Crippen MR) is 94.7 cm³/mol. The fourth-order valence-electron chi connectivity index (χ4n) is 2.63. The molecule has 0 aliphatic carbocycles. The highest BCUT2D eigenvalue weighted by atomic mass is 14.9. The molecule has 0 bridgehead atoms. The Labute approximate surface area is 131 Å². The van der Waals surface area contributed by atoms with E-state index in [1.54, 1.807) is 0 Å². The molecule has 1 heterocycles. The Morgan fingerprint density at radius 1 is 1.24 bits per heavy atom. The van der Waals surface area contributed by atoms with Crippen molar-refractivity contribution in [1.82, 2.24) is 5.32 Å². The van der Waals surface area contributed by atoms with E-state index < -0.39 is 0 Å². The van der Waals surface area contributed by atoms with Crippen molar-refractivity contribution in [3.63, 3.8) is 0 Å². The molecule has 1 heteroatoms. The summed E-state index contributed by atoms with van der Waals surface area (Å²) in [6, 6.07) is 11.6. The largest absolute Gasteiger partial charge is 0.314 e. The first-order chi connectivity index (χ1) is 10.0. The quantitative estimate of drug-likeness (QED) is 0.718. The molecule has 1 aromatic rings. The van der Waals surface area contributed by atoms with E-state index in [2.05, 4.69) is 63.0 Å². The van der Waals surface area contributed by atoms with Gasteiger partial charge < -0.3 is 5.32 Å². The molecule has 0 spiro atoms. The molecule has 1 saturated heterocycles. The van der Waals surface area contributed by atoms with Gasteiger partial charge in [0.2, 0.25) is 0 Å². The van der Waals surface area contributed by atoms with Crippen LogP contribution in [0.15, 0.2) is 43.0 Å². The minimum absolute atomic E-state index is 0.432. The average Bonchev–Trinajstić information content (AvgIpc) is 2.92. The van der Waals surface area contributed by atoms with Crippen LogP contribution in [-0.2, 0) is 6.42 Å². The SMILES string of the molecule is C=CCC(C)(C)C.c1ccc(CCCC2CCCN2)cc1. The summed E-state index contributed by atoms with van der Waals surface area (Å²) in [5, 5.41) is 3.54. The van der Waals surface area contributed by atoms with Gasteiger partial charge >= 0.3 is 0 Å². The summed E-state index contributed by atoms with van der Waals surface area (Å²) < 4.78 is 0. The van der Waals surface area contributed by atoms with Crippen LogP contribution in [0.3, 0.4) is 0 Å². The molecule has 21 heavy (non-hydrogen) atoms. The number of benzene rings is 1. The standard InChI is InChI=1S/C13H19N.C7H14/c1-2-6-12(7-3-1)8-4-9-13-10-5-11-14-13;1-5-6-7(2,3)4/h1-3,6-7,13-14H,4-5,8-11H2;5H,1,6H2,2-4H3. The van der Waals surface area contributed by atoms with Crippen LogP contribution in [0.1, 0.15) is 58.4 Å². The van der Waals surface area contributed by atoms with E-state index in [0.717, 1.165) is 12.5 Å². The molecular formula is C20H33N. The first-order valence-corrected chi connectivity index (χ1v) is 8.39. The van der Waals surface area contributed by atoms with E-state index in [1.807, 2.05) is 6.08 Å². The number of hydrogen-bond acceptors (Lipinski definition) is 1. The highest BCUT2D eigenvalue weighted by molar-refractivity contribution is 5.14. The van der Waals surface area contributed by atoms with Crippen molar-refractivity contribution in [2.45, 2.75) is 65.3 Å². The van der Waals surface area contributed by atoms with Crippen molar-refractivity contribution in [3.8, 4) is 0 Å². The Bertz CT molecular complexity index is 369. The van der Waals surface area contributed by atoms with Gasteiger partial charge in [-0.1, -0.05) is 57.2 Å². The highest BCUT2D eigenvalue weighted by Gasteiger charge is 2.12. The molecule has 0 amide bonds. The zero-order valence-electron chi connectivity index (χ0n) is 14.2. The number of aryl methyl sites for hydroxylation is 1. The third-order valence-electron chi connectivity index (χ3n) is 3.78. The van der Waals surface area contributed by atoms with Crippen molar-refractivity contribution < 1.29 is 0 Å². The van der Waals surface area contributed by atoms with Gasteiger partial charge in [-0.15, -0.1) is 6.58 Å². The van der Waals surface area contributed by atoms with Gasteiger partial charge in [0.1, 0.15) is 0 Å². The second-order valence-corrected chi connectivity index (χ2v) is 7.22. The summed E-state index contributed by atoms with van der Waals surface area (Å²) in [6.07, 6.45) is 9.72. The smallest absolute Gasteiger partial charge is 0.00676 e. The van der Waals surface area contributed by atoms with Crippen LogP contribution in [0, 0.1) is 5.41 Å². The number of nitrogens with one attached hydrogen (secondary N) is 1.